The van der Waals surface area contributed by atoms with Crippen molar-refractivity contribution in [3.8, 4) is 0 Å². The molecule has 2 nitrogen and oxygen atoms in total. The van der Waals surface area contributed by atoms with Crippen molar-refractivity contribution in [1.82, 2.24) is 10.6 Å². The summed E-state index contributed by atoms with van der Waals surface area (Å²) in [6, 6.07) is 0. The molecule has 1 N–H and O–H groups in total. The lowest BCUT2D eigenvalue weighted by Gasteiger charge is -2.11. The van der Waals surface area contributed by atoms with E-state index in [0.717, 1.165) is 13.0 Å². The minimum atomic E-state index is 0.0972. The molecule has 0 aliphatic carbocycles. The summed E-state index contributed by atoms with van der Waals surface area (Å²) < 4.78 is 0. The Morgan fingerprint density at radius 3 is 2.57 bits per heavy atom. The van der Waals surface area contributed by atoms with Gasteiger partial charge in [0, 0.05) is 0 Å². The molecule has 1 unspecified atom stereocenters. The van der Waals surface area contributed by atoms with E-state index in [9.17, 15) is 0 Å². The van der Waals surface area contributed by atoms with Crippen LogP contribution < -0.4 is 5.73 Å². The number of likely N-dealkylation sites (tertiary alicyclic amines) is 1. The van der Waals surface area contributed by atoms with Gasteiger partial charge in [-0.15, -0.1) is 0 Å². The van der Waals surface area contributed by atoms with Gasteiger partial charge in [-0.25, -0.2) is 5.73 Å². The van der Waals surface area contributed by atoms with E-state index in [1.165, 1.54) is 6.42 Å². The molecule has 1 rings (SSSR count). The molecule has 1 saturated heterocycles. The van der Waals surface area contributed by atoms with Crippen LogP contribution in [0.5, 0.6) is 0 Å². The molecule has 1 aliphatic rings. The second-order valence-corrected chi connectivity index (χ2v) is 2.14. The third-order valence-corrected chi connectivity index (χ3v) is 1.52. The molecule has 1 atom stereocenters. The highest BCUT2D eigenvalue weighted by atomic mass is 15.2. The highest BCUT2D eigenvalue weighted by Crippen LogP contribution is 2.09. The van der Waals surface area contributed by atoms with Gasteiger partial charge < -0.3 is 0 Å². The molecular weight excluding hydrogens is 88.1 g/mol. The van der Waals surface area contributed by atoms with Crippen LogP contribution in [0, 0.1) is 0 Å². The average molecular weight is 99.2 g/mol. The molecule has 0 saturated carbocycles. The van der Waals surface area contributed by atoms with Gasteiger partial charge >= 0.3 is 0 Å². The van der Waals surface area contributed by atoms with Gasteiger partial charge in [0.25, 0.3) is 0 Å². The molecule has 1 radical (unpaired) electrons. The fourth-order valence-electron chi connectivity index (χ4n) is 0.910. The van der Waals surface area contributed by atoms with Gasteiger partial charge in [-0.2, -0.15) is 0 Å². The maximum Gasteiger partial charge on any atom is 0.0727 e. The van der Waals surface area contributed by atoms with Crippen LogP contribution in [0.1, 0.15) is 12.8 Å². The highest BCUT2D eigenvalue weighted by Gasteiger charge is 2.15. The smallest absolute Gasteiger partial charge is 0.0727 e. The lowest BCUT2D eigenvalue weighted by Crippen LogP contribution is -2.25. The molecule has 1 heterocycles. The Labute approximate surface area is 44.3 Å². The van der Waals surface area contributed by atoms with Crippen molar-refractivity contribution >= 4 is 0 Å². The fourth-order valence-corrected chi connectivity index (χ4v) is 0.910. The molecule has 0 bridgehead atoms. The summed E-state index contributed by atoms with van der Waals surface area (Å²) in [6.45, 7) is 1.12. The Kier molecular flexibility index (Phi) is 1.30. The van der Waals surface area contributed by atoms with Crippen molar-refractivity contribution in [1.29, 1.82) is 0 Å². The molecule has 1 fully saturated rings. The molecule has 41 valence electrons. The molecule has 7 heavy (non-hydrogen) atoms. The Morgan fingerprint density at radius 2 is 2.43 bits per heavy atom. The van der Waals surface area contributed by atoms with Crippen LogP contribution in [0.2, 0.25) is 0 Å². The quantitative estimate of drug-likeness (QED) is 0.429. The van der Waals surface area contributed by atoms with Crippen LogP contribution in [-0.2, 0) is 0 Å². The van der Waals surface area contributed by atoms with Gasteiger partial charge in [0.15, 0.2) is 0 Å². The van der Waals surface area contributed by atoms with Crippen molar-refractivity contribution in [2.24, 2.45) is 0 Å². The zero-order valence-electron chi connectivity index (χ0n) is 4.65. The molecule has 0 amide bonds. The molecule has 0 spiro atoms. The van der Waals surface area contributed by atoms with E-state index in [-0.39, 0.29) is 6.17 Å². The first kappa shape index (κ1) is 5.06. The summed E-state index contributed by atoms with van der Waals surface area (Å²) in [6.07, 6.45) is 2.38. The fraction of sp³-hybridized carbons (Fsp3) is 1.00. The maximum absolute atomic E-state index is 7.26. The van der Waals surface area contributed by atoms with Gasteiger partial charge in [0.2, 0.25) is 0 Å². The SMILES string of the molecule is CN1CCCC1[NH]. The predicted molar refractivity (Wildman–Crippen MR) is 28.7 cm³/mol. The van der Waals surface area contributed by atoms with Gasteiger partial charge in [0.1, 0.15) is 0 Å². The third kappa shape index (κ3) is 0.924. The lowest BCUT2D eigenvalue weighted by molar-refractivity contribution is 0.310. The van der Waals surface area contributed by atoms with E-state index in [1.807, 2.05) is 7.05 Å². The molecule has 1 aliphatic heterocycles. The van der Waals surface area contributed by atoms with Gasteiger partial charge in [-0.05, 0) is 26.4 Å². The minimum Gasteiger partial charge on any atom is -0.290 e. The molecule has 0 aromatic rings. The van der Waals surface area contributed by atoms with E-state index in [4.69, 9.17) is 5.73 Å². The standard InChI is InChI=1S/C5H11N2/c1-7-4-2-3-5(7)6/h5-6H,2-4H2,1H3. The number of nitrogens with one attached hydrogen (secondary N) is 1. The van der Waals surface area contributed by atoms with Crippen molar-refractivity contribution in [2.45, 2.75) is 19.0 Å². The van der Waals surface area contributed by atoms with Crippen molar-refractivity contribution in [3.05, 3.63) is 0 Å². The second kappa shape index (κ2) is 1.80. The zero-order valence-corrected chi connectivity index (χ0v) is 4.65. The molecule has 0 aromatic carbocycles. The van der Waals surface area contributed by atoms with Crippen LogP contribution in [0.25, 0.3) is 0 Å². The Hall–Kier alpha value is -0.0800. The van der Waals surface area contributed by atoms with Crippen LogP contribution in [-0.4, -0.2) is 24.7 Å². The van der Waals surface area contributed by atoms with Crippen molar-refractivity contribution in [2.75, 3.05) is 13.6 Å². The number of hydrogen-bond acceptors (Lipinski definition) is 1. The second-order valence-electron chi connectivity index (χ2n) is 2.14. The summed E-state index contributed by atoms with van der Waals surface area (Å²) in [5, 5.41) is 0. The highest BCUT2D eigenvalue weighted by molar-refractivity contribution is 4.68. The predicted octanol–water partition coefficient (Wildman–Crippen LogP) is 0.321. The maximum atomic E-state index is 7.26. The zero-order chi connectivity index (χ0) is 5.28. The largest absolute Gasteiger partial charge is 0.290 e. The topological polar surface area (TPSA) is 27.0 Å². The van der Waals surface area contributed by atoms with Crippen molar-refractivity contribution < 1.29 is 0 Å². The molecule has 0 aromatic heterocycles. The normalized spacial score (nSPS) is 34.3. The van der Waals surface area contributed by atoms with E-state index >= 15 is 0 Å². The Morgan fingerprint density at radius 1 is 1.71 bits per heavy atom. The van der Waals surface area contributed by atoms with E-state index in [1.54, 1.807) is 0 Å². The lowest BCUT2D eigenvalue weighted by atomic mass is 10.3. The minimum absolute atomic E-state index is 0.0972. The van der Waals surface area contributed by atoms with Crippen LogP contribution in [0.4, 0.5) is 0 Å². The van der Waals surface area contributed by atoms with Crippen LogP contribution in [0.15, 0.2) is 0 Å². The average Bonchev–Trinajstić information content (AvgIpc) is 1.91. The number of hydrogen-bond donors (Lipinski definition) is 0. The van der Waals surface area contributed by atoms with E-state index in [2.05, 4.69) is 4.90 Å². The van der Waals surface area contributed by atoms with Gasteiger partial charge in [-0.3, -0.25) is 4.90 Å². The summed E-state index contributed by atoms with van der Waals surface area (Å²) in [5.74, 6) is 0. The monoisotopic (exact) mass is 99.1 g/mol. The first-order chi connectivity index (χ1) is 3.30. The summed E-state index contributed by atoms with van der Waals surface area (Å²) in [7, 11) is 2.00. The first-order valence-corrected chi connectivity index (χ1v) is 2.72. The molecule has 2 heteroatoms. The van der Waals surface area contributed by atoms with Gasteiger partial charge in [-0.1, -0.05) is 0 Å². The van der Waals surface area contributed by atoms with E-state index in [0.29, 0.717) is 0 Å². The van der Waals surface area contributed by atoms with E-state index < -0.39 is 0 Å². The summed E-state index contributed by atoms with van der Waals surface area (Å²) in [4.78, 5) is 2.07. The van der Waals surface area contributed by atoms with Gasteiger partial charge in [0.05, 0.1) is 6.17 Å². The number of rotatable bonds is 0. The Balaban J connectivity index is 2.33. The first-order valence-electron chi connectivity index (χ1n) is 2.72. The van der Waals surface area contributed by atoms with Crippen molar-refractivity contribution in [3.63, 3.8) is 0 Å². The number of nitrogens with zero attached hydrogens (tertiary/aromatic N) is 1. The van der Waals surface area contributed by atoms with Crippen LogP contribution in [0.3, 0.4) is 0 Å². The Bertz CT molecular complexity index is 55.1. The summed E-state index contributed by atoms with van der Waals surface area (Å²) >= 11 is 0. The molecular formula is C5H11N2. The third-order valence-electron chi connectivity index (χ3n) is 1.52. The summed E-state index contributed by atoms with van der Waals surface area (Å²) in [5.41, 5.74) is 7.26. The van der Waals surface area contributed by atoms with Crippen LogP contribution >= 0.6 is 0 Å².